The lowest BCUT2D eigenvalue weighted by atomic mass is 10.0. The molecule has 0 bridgehead atoms. The fourth-order valence-electron chi connectivity index (χ4n) is 3.32. The average molecular weight is 648 g/mol. The summed E-state index contributed by atoms with van der Waals surface area (Å²) in [5.41, 5.74) is 27.0. The second kappa shape index (κ2) is 61.7. The van der Waals surface area contributed by atoms with Gasteiger partial charge in [-0.3, -0.25) is 0 Å². The second-order valence-corrected chi connectivity index (χ2v) is 10.2. The molecule has 0 aromatic rings. The van der Waals surface area contributed by atoms with E-state index in [2.05, 4.69) is 41.5 Å². The van der Waals surface area contributed by atoms with E-state index in [1.54, 1.807) is 0 Å². The molecule has 0 radical (unpaired) electrons. The Labute approximate surface area is 285 Å². The summed E-state index contributed by atoms with van der Waals surface area (Å²) in [4.78, 5) is 0. The molecule has 0 saturated heterocycles. The number of hydrogen-bond donors (Lipinski definition) is 5. The fourth-order valence-corrected chi connectivity index (χ4v) is 3.32. The smallest absolute Gasteiger partial charge is 0.110 e. The van der Waals surface area contributed by atoms with Crippen LogP contribution in [0.15, 0.2) is 36.1 Å². The van der Waals surface area contributed by atoms with Crippen molar-refractivity contribution < 1.29 is 9.47 Å². The van der Waals surface area contributed by atoms with Crippen molar-refractivity contribution in [3.63, 3.8) is 0 Å². The normalized spacial score (nSPS) is 12.2. The standard InChI is InChI=1S/C22H46N2O2.2C4H9N.C3H8.C2H7N.C2H6.CH4/c1-5-9-11-19(7-3)17-25-16-14-21(24)22(13-15-23)26-18-20(8-4)12-10-6-2;2*1-2-3-4-5;1-3-2;1-2-3;1-2;/h13,19-21H,5-12,14-18,23-24H2,1-4H3;2*2-3H,4-5H2,1H3;3H2,1-2H3;2-3H2,1H3;1-2H3;1H4/b22-13+;2*3-2-;;;;/t19?,20?,21-;;;;;;/m0....../s1. The van der Waals surface area contributed by atoms with Crippen molar-refractivity contribution in [3.05, 3.63) is 36.1 Å². The van der Waals surface area contributed by atoms with Crippen molar-refractivity contribution >= 4 is 0 Å². The molecule has 45 heavy (non-hydrogen) atoms. The van der Waals surface area contributed by atoms with Crippen molar-refractivity contribution in [3.8, 4) is 0 Å². The molecule has 0 aliphatic rings. The van der Waals surface area contributed by atoms with Crippen molar-refractivity contribution in [2.45, 2.75) is 154 Å². The summed E-state index contributed by atoms with van der Waals surface area (Å²) in [7, 11) is 0. The summed E-state index contributed by atoms with van der Waals surface area (Å²) in [5.74, 6) is 2.11. The molecule has 278 valence electrons. The highest BCUT2D eigenvalue weighted by atomic mass is 16.5. The van der Waals surface area contributed by atoms with Crippen LogP contribution >= 0.6 is 0 Å². The molecule has 0 rings (SSSR count). The first-order valence-electron chi connectivity index (χ1n) is 18.0. The van der Waals surface area contributed by atoms with Crippen LogP contribution in [-0.2, 0) is 9.47 Å². The maximum atomic E-state index is 6.33. The van der Waals surface area contributed by atoms with Gasteiger partial charge in [-0.15, -0.1) is 0 Å². The van der Waals surface area contributed by atoms with Crippen molar-refractivity contribution in [1.29, 1.82) is 0 Å². The summed E-state index contributed by atoms with van der Waals surface area (Å²) in [5, 5.41) is 0. The molecule has 0 fully saturated rings. The van der Waals surface area contributed by atoms with Crippen LogP contribution in [0.1, 0.15) is 148 Å². The third kappa shape index (κ3) is 62.3. The van der Waals surface area contributed by atoms with Crippen molar-refractivity contribution in [2.24, 2.45) is 40.5 Å². The predicted molar refractivity (Wildman–Crippen MR) is 210 cm³/mol. The maximum absolute atomic E-state index is 6.33. The van der Waals surface area contributed by atoms with Crippen LogP contribution in [0.4, 0.5) is 0 Å². The molecule has 7 heteroatoms. The average Bonchev–Trinajstić information content (AvgIpc) is 3.03. The number of hydrogen-bond acceptors (Lipinski definition) is 7. The Morgan fingerprint density at radius 1 is 0.667 bits per heavy atom. The summed E-state index contributed by atoms with van der Waals surface area (Å²) >= 11 is 0. The lowest BCUT2D eigenvalue weighted by Crippen LogP contribution is -2.28. The molecule has 2 unspecified atom stereocenters. The van der Waals surface area contributed by atoms with Gasteiger partial charge in [-0.25, -0.2) is 0 Å². The SMILES string of the molecule is C.C/C=C\CN.C/C=C\CN.CC.CCC.CCCCC(CC)COCC[C@H](N)/C(=C\CN)OCC(CC)CCCC.CCN. The first kappa shape index (κ1) is 59.2. The molecule has 0 aromatic heterocycles. The maximum Gasteiger partial charge on any atom is 0.110 e. The molecule has 0 aromatic carbocycles. The van der Waals surface area contributed by atoms with Gasteiger partial charge in [0.2, 0.25) is 0 Å². The lowest BCUT2D eigenvalue weighted by Gasteiger charge is -2.22. The lowest BCUT2D eigenvalue weighted by molar-refractivity contribution is 0.0826. The third-order valence-corrected chi connectivity index (χ3v) is 5.93. The van der Waals surface area contributed by atoms with E-state index in [1.165, 1.54) is 51.4 Å². The fraction of sp³-hybridized carbons (Fsp3) is 0.842. The third-order valence-electron chi connectivity index (χ3n) is 5.93. The van der Waals surface area contributed by atoms with Gasteiger partial charge >= 0.3 is 0 Å². The Morgan fingerprint density at radius 3 is 1.36 bits per heavy atom. The zero-order valence-corrected chi connectivity index (χ0v) is 31.8. The number of unbranched alkanes of at least 4 members (excludes halogenated alkanes) is 2. The van der Waals surface area contributed by atoms with Gasteiger partial charge in [0.1, 0.15) is 5.76 Å². The molecule has 3 atom stereocenters. The minimum absolute atomic E-state index is 0. The van der Waals surface area contributed by atoms with E-state index in [1.807, 2.05) is 65.0 Å². The molecule has 0 spiro atoms. The summed E-state index contributed by atoms with van der Waals surface area (Å²) in [6.07, 6.45) is 21.5. The highest BCUT2D eigenvalue weighted by molar-refractivity contribution is 5.03. The largest absolute Gasteiger partial charge is 0.496 e. The molecule has 7 nitrogen and oxygen atoms in total. The van der Waals surface area contributed by atoms with Gasteiger partial charge < -0.3 is 38.1 Å². The molecule has 0 aliphatic carbocycles. The zero-order valence-electron chi connectivity index (χ0n) is 31.8. The van der Waals surface area contributed by atoms with Crippen LogP contribution in [0, 0.1) is 11.8 Å². The van der Waals surface area contributed by atoms with Crippen LogP contribution in [0.2, 0.25) is 0 Å². The van der Waals surface area contributed by atoms with Gasteiger partial charge in [0.15, 0.2) is 0 Å². The van der Waals surface area contributed by atoms with Crippen LogP contribution in [0.5, 0.6) is 0 Å². The van der Waals surface area contributed by atoms with Gasteiger partial charge in [0, 0.05) is 32.8 Å². The minimum atomic E-state index is -0.127. The predicted octanol–water partition coefficient (Wildman–Crippen LogP) is 9.10. The Balaban J connectivity index is -0.000000124. The van der Waals surface area contributed by atoms with E-state index in [0.29, 0.717) is 38.1 Å². The molecular weight excluding hydrogens is 558 g/mol. The first-order chi connectivity index (χ1) is 21.3. The molecule has 0 amide bonds. The van der Waals surface area contributed by atoms with E-state index >= 15 is 0 Å². The van der Waals surface area contributed by atoms with Crippen LogP contribution in [0.25, 0.3) is 0 Å². The van der Waals surface area contributed by atoms with E-state index in [0.717, 1.165) is 38.4 Å². The van der Waals surface area contributed by atoms with Crippen LogP contribution < -0.4 is 28.7 Å². The van der Waals surface area contributed by atoms with Gasteiger partial charge in [0.25, 0.3) is 0 Å². The monoisotopic (exact) mass is 648 g/mol. The molecule has 0 saturated carbocycles. The highest BCUT2D eigenvalue weighted by Gasteiger charge is 2.14. The summed E-state index contributed by atoms with van der Waals surface area (Å²) < 4.78 is 11.9. The Hall–Kier alpha value is -1.22. The number of nitrogens with two attached hydrogens (primary N) is 5. The number of rotatable bonds is 20. The van der Waals surface area contributed by atoms with Crippen LogP contribution in [0.3, 0.4) is 0 Å². The van der Waals surface area contributed by atoms with E-state index in [9.17, 15) is 0 Å². The minimum Gasteiger partial charge on any atom is -0.496 e. The van der Waals surface area contributed by atoms with E-state index in [4.69, 9.17) is 38.1 Å². The quantitative estimate of drug-likeness (QED) is 0.0502. The van der Waals surface area contributed by atoms with E-state index in [-0.39, 0.29) is 13.5 Å². The molecular formula is C38H89N5O2. The number of allylic oxidation sites excluding steroid dienone is 2. The highest BCUT2D eigenvalue weighted by Crippen LogP contribution is 2.17. The first-order valence-corrected chi connectivity index (χ1v) is 18.0. The van der Waals surface area contributed by atoms with Crippen LogP contribution in [-0.4, -0.2) is 52.0 Å². The topological polar surface area (TPSA) is 149 Å². The van der Waals surface area contributed by atoms with Gasteiger partial charge in [0.05, 0.1) is 12.6 Å². The molecule has 0 heterocycles. The Bertz CT molecular complexity index is 514. The Morgan fingerprint density at radius 2 is 1.07 bits per heavy atom. The number of ether oxygens (including phenoxy) is 2. The summed E-state index contributed by atoms with van der Waals surface area (Å²) in [6.45, 7) is 27.8. The Kier molecular flexibility index (Phi) is 81.3. The summed E-state index contributed by atoms with van der Waals surface area (Å²) in [6, 6.07) is -0.127. The zero-order chi connectivity index (χ0) is 35.3. The second-order valence-electron chi connectivity index (χ2n) is 10.2. The van der Waals surface area contributed by atoms with Gasteiger partial charge in [-0.1, -0.05) is 139 Å². The van der Waals surface area contributed by atoms with E-state index < -0.39 is 0 Å². The van der Waals surface area contributed by atoms with Crippen molar-refractivity contribution in [1.82, 2.24) is 0 Å². The van der Waals surface area contributed by atoms with Gasteiger partial charge in [-0.05, 0) is 57.6 Å². The molecule has 0 aliphatic heterocycles. The molecule has 10 N–H and O–H groups in total. The van der Waals surface area contributed by atoms with Crippen molar-refractivity contribution in [2.75, 3.05) is 46.0 Å². The van der Waals surface area contributed by atoms with Gasteiger partial charge in [-0.2, -0.15) is 0 Å².